The van der Waals surface area contributed by atoms with E-state index in [9.17, 15) is 8.78 Å². The van der Waals surface area contributed by atoms with E-state index in [0.717, 1.165) is 10.5 Å². The van der Waals surface area contributed by atoms with E-state index in [1.807, 2.05) is 0 Å². The predicted molar refractivity (Wildman–Crippen MR) is 70.6 cm³/mol. The van der Waals surface area contributed by atoms with Crippen LogP contribution in [0, 0.1) is 11.6 Å². The first-order valence-electron chi connectivity index (χ1n) is 5.04. The zero-order valence-corrected chi connectivity index (χ0v) is 11.4. The Morgan fingerprint density at radius 2 is 1.83 bits per heavy atom. The van der Waals surface area contributed by atoms with Crippen molar-refractivity contribution < 1.29 is 8.78 Å². The highest BCUT2D eigenvalue weighted by atomic mass is 79.9. The van der Waals surface area contributed by atoms with Crippen LogP contribution in [-0.2, 0) is 6.54 Å². The van der Waals surface area contributed by atoms with Gasteiger partial charge in [-0.05, 0) is 39.7 Å². The minimum atomic E-state index is -0.606. The van der Waals surface area contributed by atoms with Crippen molar-refractivity contribution in [3.05, 3.63) is 57.3 Å². The van der Waals surface area contributed by atoms with Crippen LogP contribution in [0.15, 0.2) is 34.9 Å². The molecule has 0 aliphatic heterocycles. The van der Waals surface area contributed by atoms with Gasteiger partial charge in [0.05, 0.1) is 5.69 Å². The molecular formula is C12H8BrClF2N2. The molecule has 2 aromatic rings. The van der Waals surface area contributed by atoms with Crippen molar-refractivity contribution in [3.8, 4) is 0 Å². The number of rotatable bonds is 3. The number of hydrogen-bond donors (Lipinski definition) is 1. The van der Waals surface area contributed by atoms with Gasteiger partial charge < -0.3 is 5.32 Å². The van der Waals surface area contributed by atoms with Gasteiger partial charge in [0.1, 0.15) is 11.6 Å². The molecule has 18 heavy (non-hydrogen) atoms. The van der Waals surface area contributed by atoms with Crippen LogP contribution >= 0.6 is 27.5 Å². The van der Waals surface area contributed by atoms with E-state index in [1.165, 1.54) is 12.1 Å². The Kier molecular flexibility index (Phi) is 4.14. The molecule has 6 heteroatoms. The summed E-state index contributed by atoms with van der Waals surface area (Å²) in [6.45, 7) is 0.256. The smallest absolute Gasteiger partial charge is 0.152 e. The fourth-order valence-corrected chi connectivity index (χ4v) is 1.96. The standard InChI is InChI=1S/C12H8BrClF2N2/c13-8-3-11(12(14)18-6-8)17-5-7-1-9(15)4-10(16)2-7/h1-4,6,17H,5H2. The van der Waals surface area contributed by atoms with Gasteiger partial charge in [0, 0.05) is 23.3 Å². The summed E-state index contributed by atoms with van der Waals surface area (Å²) in [6, 6.07) is 5.09. The SMILES string of the molecule is Fc1cc(F)cc(CNc2cc(Br)cnc2Cl)c1. The highest BCUT2D eigenvalue weighted by molar-refractivity contribution is 9.10. The number of nitrogens with zero attached hydrogens (tertiary/aromatic N) is 1. The number of nitrogens with one attached hydrogen (secondary N) is 1. The van der Waals surface area contributed by atoms with Crippen LogP contribution in [0.2, 0.25) is 5.15 Å². The summed E-state index contributed by atoms with van der Waals surface area (Å²) in [7, 11) is 0. The van der Waals surface area contributed by atoms with Crippen molar-refractivity contribution in [3.63, 3.8) is 0 Å². The number of pyridine rings is 1. The number of hydrogen-bond acceptors (Lipinski definition) is 2. The van der Waals surface area contributed by atoms with Crippen LogP contribution in [-0.4, -0.2) is 4.98 Å². The molecule has 0 saturated heterocycles. The molecule has 1 heterocycles. The van der Waals surface area contributed by atoms with Crippen LogP contribution in [0.1, 0.15) is 5.56 Å². The Labute approximate surface area is 116 Å². The summed E-state index contributed by atoms with van der Waals surface area (Å²) < 4.78 is 26.7. The molecular weight excluding hydrogens is 325 g/mol. The molecule has 1 aromatic heterocycles. The molecule has 2 rings (SSSR count). The van der Waals surface area contributed by atoms with Gasteiger partial charge in [0.15, 0.2) is 5.15 Å². The van der Waals surface area contributed by atoms with Gasteiger partial charge in [0.2, 0.25) is 0 Å². The molecule has 0 unspecified atom stereocenters. The van der Waals surface area contributed by atoms with E-state index in [1.54, 1.807) is 12.3 Å². The molecule has 0 saturated carbocycles. The van der Waals surface area contributed by atoms with Crippen molar-refractivity contribution in [2.24, 2.45) is 0 Å². The van der Waals surface area contributed by atoms with Gasteiger partial charge in [-0.25, -0.2) is 13.8 Å². The lowest BCUT2D eigenvalue weighted by molar-refractivity contribution is 0.580. The zero-order chi connectivity index (χ0) is 13.1. The topological polar surface area (TPSA) is 24.9 Å². The largest absolute Gasteiger partial charge is 0.378 e. The van der Waals surface area contributed by atoms with Gasteiger partial charge in [-0.15, -0.1) is 0 Å². The lowest BCUT2D eigenvalue weighted by Gasteiger charge is -2.08. The molecule has 0 radical (unpaired) electrons. The first-order chi connectivity index (χ1) is 8.54. The second-order valence-corrected chi connectivity index (χ2v) is 4.90. The van der Waals surface area contributed by atoms with Gasteiger partial charge in [-0.3, -0.25) is 0 Å². The van der Waals surface area contributed by atoms with Gasteiger partial charge >= 0.3 is 0 Å². The zero-order valence-electron chi connectivity index (χ0n) is 9.05. The summed E-state index contributed by atoms with van der Waals surface area (Å²) in [5.41, 5.74) is 1.08. The third kappa shape index (κ3) is 3.40. The van der Waals surface area contributed by atoms with Crippen LogP contribution in [0.25, 0.3) is 0 Å². The van der Waals surface area contributed by atoms with Crippen LogP contribution in [0.5, 0.6) is 0 Å². The van der Waals surface area contributed by atoms with E-state index in [-0.39, 0.29) is 6.54 Å². The second kappa shape index (κ2) is 5.63. The fourth-order valence-electron chi connectivity index (χ4n) is 1.46. The Morgan fingerprint density at radius 3 is 2.50 bits per heavy atom. The van der Waals surface area contributed by atoms with Crippen molar-refractivity contribution >= 4 is 33.2 Å². The Balaban J connectivity index is 2.13. The third-order valence-electron chi connectivity index (χ3n) is 2.21. The Bertz CT molecular complexity index is 558. The van der Waals surface area contributed by atoms with E-state index in [2.05, 4.69) is 26.2 Å². The molecule has 0 fully saturated rings. The summed E-state index contributed by atoms with van der Waals surface area (Å²) in [5.74, 6) is -1.21. The van der Waals surface area contributed by atoms with Gasteiger partial charge in [0.25, 0.3) is 0 Å². The first-order valence-corrected chi connectivity index (χ1v) is 6.21. The van der Waals surface area contributed by atoms with Crippen molar-refractivity contribution in [2.75, 3.05) is 5.32 Å². The summed E-state index contributed by atoms with van der Waals surface area (Å²) >= 11 is 9.15. The molecule has 0 spiro atoms. The van der Waals surface area contributed by atoms with Crippen molar-refractivity contribution in [1.82, 2.24) is 4.98 Å². The second-order valence-electron chi connectivity index (χ2n) is 3.62. The number of aromatic nitrogens is 1. The van der Waals surface area contributed by atoms with E-state index in [0.29, 0.717) is 16.4 Å². The first kappa shape index (κ1) is 13.2. The van der Waals surface area contributed by atoms with E-state index < -0.39 is 11.6 Å². The van der Waals surface area contributed by atoms with Crippen LogP contribution < -0.4 is 5.32 Å². The monoisotopic (exact) mass is 332 g/mol. The Hall–Kier alpha value is -1.20. The minimum absolute atomic E-state index is 0.256. The normalized spacial score (nSPS) is 10.4. The average Bonchev–Trinajstić information content (AvgIpc) is 2.29. The van der Waals surface area contributed by atoms with E-state index >= 15 is 0 Å². The predicted octanol–water partition coefficient (Wildman–Crippen LogP) is 4.39. The number of benzene rings is 1. The maximum atomic E-state index is 13.0. The molecule has 0 amide bonds. The van der Waals surface area contributed by atoms with Crippen molar-refractivity contribution in [2.45, 2.75) is 6.54 Å². The summed E-state index contributed by atoms with van der Waals surface area (Å²) in [6.07, 6.45) is 1.56. The molecule has 0 aliphatic carbocycles. The molecule has 1 aromatic carbocycles. The highest BCUT2D eigenvalue weighted by Crippen LogP contribution is 2.23. The third-order valence-corrected chi connectivity index (χ3v) is 2.95. The highest BCUT2D eigenvalue weighted by Gasteiger charge is 2.04. The van der Waals surface area contributed by atoms with Crippen LogP contribution in [0.4, 0.5) is 14.5 Å². The molecule has 94 valence electrons. The summed E-state index contributed by atoms with van der Waals surface area (Å²) in [5, 5.41) is 3.27. The lowest BCUT2D eigenvalue weighted by Crippen LogP contribution is -2.01. The number of halogens is 4. The average molecular weight is 334 g/mol. The summed E-state index contributed by atoms with van der Waals surface area (Å²) in [4.78, 5) is 3.93. The molecule has 0 aliphatic rings. The van der Waals surface area contributed by atoms with Crippen LogP contribution in [0.3, 0.4) is 0 Å². The molecule has 0 atom stereocenters. The van der Waals surface area contributed by atoms with Gasteiger partial charge in [-0.1, -0.05) is 11.6 Å². The Morgan fingerprint density at radius 1 is 1.17 bits per heavy atom. The van der Waals surface area contributed by atoms with Crippen molar-refractivity contribution in [1.29, 1.82) is 0 Å². The molecule has 0 bridgehead atoms. The molecule has 1 N–H and O–H groups in total. The fraction of sp³-hybridized carbons (Fsp3) is 0.0833. The lowest BCUT2D eigenvalue weighted by atomic mass is 10.2. The minimum Gasteiger partial charge on any atom is -0.378 e. The maximum Gasteiger partial charge on any atom is 0.152 e. The van der Waals surface area contributed by atoms with Gasteiger partial charge in [-0.2, -0.15) is 0 Å². The number of anilines is 1. The molecule has 2 nitrogen and oxygen atoms in total. The van der Waals surface area contributed by atoms with E-state index in [4.69, 9.17) is 11.6 Å². The maximum absolute atomic E-state index is 13.0. The quantitative estimate of drug-likeness (QED) is 0.843.